The van der Waals surface area contributed by atoms with Crippen molar-refractivity contribution >= 4 is 103 Å². The van der Waals surface area contributed by atoms with Crippen LogP contribution in [0.15, 0.2) is 161 Å². The molecule has 0 aliphatic heterocycles. The molecule has 0 bridgehead atoms. The minimum absolute atomic E-state index is 0. The standard InChI is InChI=1S/C38H27N7O11S3.3Na/c39-37(47)17-21-1-4-23(5-2-21)40-41-34-14-12-32(28-10-7-25(19-30(28)34)58(51,52)53)42-43-33-13-15-35(31-20-26(59(54,55)56)8-11-29(31)33)44-45-38-27-9-6-24(57(48,49)50)18-22(27)3-16-36(38)46;;;/h1-16,18-20,46H,17H2,(H2,39,47)(H,48,49,50)(H,51,52,53)(H,54,55,56);;;/q;3*+1/p-3. The minimum atomic E-state index is -4.96. The number of nitrogens with zero attached hydrogens (tertiary/aromatic N) is 6. The molecule has 0 atom stereocenters. The molecule has 0 heterocycles. The van der Waals surface area contributed by atoms with Crippen LogP contribution in [0.25, 0.3) is 32.3 Å². The summed E-state index contributed by atoms with van der Waals surface area (Å²) in [5, 5.41) is 37.4. The molecule has 7 aromatic carbocycles. The zero-order valence-corrected chi connectivity index (χ0v) is 41.1. The Morgan fingerprint density at radius 2 is 0.887 bits per heavy atom. The molecule has 0 aromatic heterocycles. The zero-order chi connectivity index (χ0) is 42.3. The second-order valence-electron chi connectivity index (χ2n) is 12.7. The molecular formula is C38H24N7Na3O11S3. The summed E-state index contributed by atoms with van der Waals surface area (Å²) in [7, 11) is -14.6. The van der Waals surface area contributed by atoms with E-state index in [0.29, 0.717) is 16.6 Å². The van der Waals surface area contributed by atoms with Gasteiger partial charge in [0, 0.05) is 26.9 Å². The number of benzene rings is 7. The Labute approximate surface area is 419 Å². The molecule has 0 spiro atoms. The normalized spacial score (nSPS) is 12.2. The number of primary amides is 1. The molecule has 0 saturated heterocycles. The van der Waals surface area contributed by atoms with E-state index in [1.165, 1.54) is 54.6 Å². The monoisotopic (exact) mass is 919 g/mol. The van der Waals surface area contributed by atoms with Gasteiger partial charge in [-0.3, -0.25) is 4.79 Å². The third-order valence-corrected chi connectivity index (χ3v) is 11.3. The topological polar surface area (TPSA) is 309 Å². The van der Waals surface area contributed by atoms with Crippen molar-refractivity contribution in [2.75, 3.05) is 0 Å². The van der Waals surface area contributed by atoms with Crippen molar-refractivity contribution in [3.63, 3.8) is 0 Å². The van der Waals surface area contributed by atoms with Gasteiger partial charge in [-0.1, -0.05) is 36.4 Å². The molecule has 0 radical (unpaired) electrons. The third-order valence-electron chi connectivity index (χ3n) is 8.80. The summed E-state index contributed by atoms with van der Waals surface area (Å²) in [6.07, 6.45) is 0.0287. The van der Waals surface area contributed by atoms with E-state index in [9.17, 15) is 48.8 Å². The second kappa shape index (κ2) is 20.3. The van der Waals surface area contributed by atoms with Gasteiger partial charge in [-0.25, -0.2) is 25.3 Å². The molecule has 18 nitrogen and oxygen atoms in total. The predicted molar refractivity (Wildman–Crippen MR) is 209 cm³/mol. The maximum absolute atomic E-state index is 12.0. The molecule has 7 rings (SSSR count). The van der Waals surface area contributed by atoms with Crippen LogP contribution >= 0.6 is 0 Å². The van der Waals surface area contributed by atoms with Crippen molar-refractivity contribution in [2.24, 2.45) is 36.4 Å². The summed E-state index contributed by atoms with van der Waals surface area (Å²) in [5.41, 5.74) is 6.73. The molecule has 24 heteroatoms. The quantitative estimate of drug-likeness (QED) is 0.0887. The van der Waals surface area contributed by atoms with E-state index in [2.05, 4.69) is 30.7 Å². The number of fused-ring (bicyclic) bond motifs is 3. The predicted octanol–water partition coefficient (Wildman–Crippen LogP) is -1.15. The van der Waals surface area contributed by atoms with Crippen molar-refractivity contribution in [3.05, 3.63) is 121 Å². The molecule has 0 unspecified atom stereocenters. The van der Waals surface area contributed by atoms with E-state index >= 15 is 0 Å². The molecular weight excluding hydrogens is 896 g/mol. The Kier molecular flexibility index (Phi) is 16.6. The number of rotatable bonds is 11. The van der Waals surface area contributed by atoms with Crippen molar-refractivity contribution < 1.29 is 137 Å². The van der Waals surface area contributed by atoms with E-state index in [1.54, 1.807) is 24.3 Å². The Bertz CT molecular complexity index is 3340. The summed E-state index contributed by atoms with van der Waals surface area (Å²) in [6.45, 7) is 0. The molecule has 7 aromatic rings. The van der Waals surface area contributed by atoms with Gasteiger partial charge in [0.2, 0.25) is 5.91 Å². The smallest absolute Gasteiger partial charge is 0.744 e. The summed E-state index contributed by atoms with van der Waals surface area (Å²) in [6, 6.07) is 25.3. The molecule has 3 N–H and O–H groups in total. The first-order valence-electron chi connectivity index (χ1n) is 16.7. The van der Waals surface area contributed by atoms with Gasteiger partial charge < -0.3 is 24.5 Å². The van der Waals surface area contributed by atoms with Gasteiger partial charge in [-0.15, -0.1) is 25.6 Å². The number of carbonyl (C=O) groups is 1. The van der Waals surface area contributed by atoms with Gasteiger partial charge in [0.15, 0.2) is 0 Å². The SMILES string of the molecule is NC(=O)Cc1ccc(N=Nc2ccc(N=Nc3ccc(N=Nc4c(O)ccc5cc(S(=O)(=O)[O-])ccc45)c4cc(S(=O)(=O)[O-])ccc34)c3ccc(S(=O)(=O)[O-])cc23)cc1.[Na+].[Na+].[Na+]. The summed E-state index contributed by atoms with van der Waals surface area (Å²) < 4.78 is 107. The first-order valence-corrected chi connectivity index (χ1v) is 21.0. The largest absolute Gasteiger partial charge is 1.00 e. The second-order valence-corrected chi connectivity index (χ2v) is 16.8. The van der Waals surface area contributed by atoms with Crippen LogP contribution < -0.4 is 94.4 Å². The number of nitrogens with two attached hydrogens (primary N) is 1. The summed E-state index contributed by atoms with van der Waals surface area (Å²) in [4.78, 5) is 9.59. The van der Waals surface area contributed by atoms with Gasteiger partial charge in [0.1, 0.15) is 41.8 Å². The summed E-state index contributed by atoms with van der Waals surface area (Å²) >= 11 is 0. The number of carbonyl (C=O) groups excluding carboxylic acids is 1. The van der Waals surface area contributed by atoms with Crippen LogP contribution in [0.1, 0.15) is 5.56 Å². The van der Waals surface area contributed by atoms with E-state index in [-0.39, 0.29) is 156 Å². The number of azo groups is 3. The molecule has 62 heavy (non-hydrogen) atoms. The Hall–Kier alpha value is -3.88. The van der Waals surface area contributed by atoms with Gasteiger partial charge in [-0.2, -0.15) is 5.11 Å². The number of amides is 1. The minimum Gasteiger partial charge on any atom is -0.744 e. The van der Waals surface area contributed by atoms with Crippen LogP contribution in [-0.4, -0.2) is 49.9 Å². The average Bonchev–Trinajstić information content (AvgIpc) is 3.18. The van der Waals surface area contributed by atoms with Crippen LogP contribution in [-0.2, 0) is 41.6 Å². The van der Waals surface area contributed by atoms with Crippen molar-refractivity contribution in [3.8, 4) is 5.75 Å². The van der Waals surface area contributed by atoms with Gasteiger partial charge >= 0.3 is 88.7 Å². The molecule has 0 fully saturated rings. The maximum atomic E-state index is 12.0. The Balaban J connectivity index is 0.00000282. The molecule has 298 valence electrons. The van der Waals surface area contributed by atoms with Crippen molar-refractivity contribution in [1.82, 2.24) is 0 Å². The first kappa shape index (κ1) is 50.8. The number of hydrogen-bond donors (Lipinski definition) is 2. The van der Waals surface area contributed by atoms with E-state index < -0.39 is 50.9 Å². The van der Waals surface area contributed by atoms with Gasteiger partial charge in [0.05, 0.1) is 49.5 Å². The fourth-order valence-corrected chi connectivity index (χ4v) is 7.50. The molecule has 0 aliphatic carbocycles. The van der Waals surface area contributed by atoms with Crippen LogP contribution in [0, 0.1) is 0 Å². The fraction of sp³-hybridized carbons (Fsp3) is 0.0263. The van der Waals surface area contributed by atoms with E-state index in [4.69, 9.17) is 5.73 Å². The third kappa shape index (κ3) is 11.6. The number of aromatic hydroxyl groups is 1. The van der Waals surface area contributed by atoms with Crippen LogP contribution in [0.4, 0.5) is 34.1 Å². The maximum Gasteiger partial charge on any atom is 1.00 e. The fourth-order valence-electron chi connectivity index (χ4n) is 6.00. The Morgan fingerprint density at radius 3 is 1.34 bits per heavy atom. The van der Waals surface area contributed by atoms with E-state index in [0.717, 1.165) is 36.4 Å². The van der Waals surface area contributed by atoms with Crippen molar-refractivity contribution in [2.45, 2.75) is 21.1 Å². The molecule has 0 aliphatic rings. The molecule has 0 saturated carbocycles. The zero-order valence-electron chi connectivity index (χ0n) is 32.7. The van der Waals surface area contributed by atoms with Crippen LogP contribution in [0.5, 0.6) is 5.75 Å². The number of phenols is 1. The van der Waals surface area contributed by atoms with E-state index in [1.807, 2.05) is 0 Å². The van der Waals surface area contributed by atoms with Crippen molar-refractivity contribution in [1.29, 1.82) is 0 Å². The average molecular weight is 920 g/mol. The summed E-state index contributed by atoms with van der Waals surface area (Å²) in [5.74, 6) is -0.864. The van der Waals surface area contributed by atoms with Gasteiger partial charge in [0.25, 0.3) is 0 Å². The van der Waals surface area contributed by atoms with Gasteiger partial charge in [-0.05, 0) is 89.8 Å². The first-order chi connectivity index (χ1) is 27.8. The van der Waals surface area contributed by atoms with Crippen LogP contribution in [0.3, 0.4) is 0 Å². The Morgan fingerprint density at radius 1 is 0.484 bits per heavy atom. The number of phenolic OH excluding ortho intramolecular Hbond substituents is 1. The van der Waals surface area contributed by atoms with Crippen LogP contribution in [0.2, 0.25) is 0 Å². The number of hydrogen-bond acceptors (Lipinski definition) is 17. The molecule has 1 amide bonds.